The van der Waals surface area contributed by atoms with Crippen LogP contribution in [0.4, 0.5) is 4.39 Å². The molecule has 0 spiro atoms. The zero-order chi connectivity index (χ0) is 18.3. The summed E-state index contributed by atoms with van der Waals surface area (Å²) in [7, 11) is -3.25. The summed E-state index contributed by atoms with van der Waals surface area (Å²) in [4.78, 5) is 0.265. The standard InChI is InChI=1S/C20H17FN2O2S/c1-26(24,25)17-12-10-16(11-13-17)23-20(14-6-8-15(21)9-7-14)18-4-2-3-5-19(18)22-23/h3,5-13H,2,4H2,1H3. The number of sulfone groups is 1. The van der Waals surface area contributed by atoms with Crippen molar-refractivity contribution in [1.82, 2.24) is 9.78 Å². The number of halogens is 1. The van der Waals surface area contributed by atoms with Crippen molar-refractivity contribution in [2.45, 2.75) is 17.7 Å². The highest BCUT2D eigenvalue weighted by Gasteiger charge is 2.20. The molecular formula is C20H17FN2O2S. The van der Waals surface area contributed by atoms with Gasteiger partial charge in [0.15, 0.2) is 9.84 Å². The van der Waals surface area contributed by atoms with E-state index >= 15 is 0 Å². The van der Waals surface area contributed by atoms with Gasteiger partial charge in [0.2, 0.25) is 0 Å². The van der Waals surface area contributed by atoms with E-state index in [1.54, 1.807) is 41.1 Å². The Hall–Kier alpha value is -2.73. The Kier molecular flexibility index (Phi) is 4.00. The van der Waals surface area contributed by atoms with Crippen molar-refractivity contribution < 1.29 is 12.8 Å². The third kappa shape index (κ3) is 2.97. The molecule has 1 heterocycles. The fourth-order valence-corrected chi connectivity index (χ4v) is 3.83. The normalized spacial score (nSPS) is 13.6. The van der Waals surface area contributed by atoms with E-state index in [-0.39, 0.29) is 10.7 Å². The molecule has 6 heteroatoms. The van der Waals surface area contributed by atoms with Crippen LogP contribution in [-0.2, 0) is 16.3 Å². The second-order valence-electron chi connectivity index (χ2n) is 6.34. The molecule has 1 aliphatic carbocycles. The highest BCUT2D eigenvalue weighted by molar-refractivity contribution is 7.90. The van der Waals surface area contributed by atoms with Gasteiger partial charge >= 0.3 is 0 Å². The molecule has 0 saturated carbocycles. The van der Waals surface area contributed by atoms with Gasteiger partial charge in [-0.25, -0.2) is 17.5 Å². The number of rotatable bonds is 3. The highest BCUT2D eigenvalue weighted by Crippen LogP contribution is 2.33. The second kappa shape index (κ2) is 6.21. The summed E-state index contributed by atoms with van der Waals surface area (Å²) in [6.45, 7) is 0. The zero-order valence-corrected chi connectivity index (χ0v) is 15.0. The smallest absolute Gasteiger partial charge is 0.175 e. The van der Waals surface area contributed by atoms with Gasteiger partial charge in [-0.1, -0.05) is 6.08 Å². The van der Waals surface area contributed by atoms with Crippen LogP contribution in [0.25, 0.3) is 23.0 Å². The number of hydrogen-bond donors (Lipinski definition) is 0. The van der Waals surface area contributed by atoms with Crippen molar-refractivity contribution in [3.05, 3.63) is 71.7 Å². The van der Waals surface area contributed by atoms with Gasteiger partial charge in [-0.3, -0.25) is 0 Å². The first kappa shape index (κ1) is 16.7. The Morgan fingerprint density at radius 1 is 1.04 bits per heavy atom. The molecule has 3 aromatic rings. The van der Waals surface area contributed by atoms with Gasteiger partial charge in [-0.15, -0.1) is 0 Å². The molecule has 0 fully saturated rings. The summed E-state index contributed by atoms with van der Waals surface area (Å²) in [5.74, 6) is -0.286. The van der Waals surface area contributed by atoms with Crippen LogP contribution in [0.5, 0.6) is 0 Å². The van der Waals surface area contributed by atoms with Crippen LogP contribution in [0, 0.1) is 5.82 Å². The first-order valence-corrected chi connectivity index (χ1v) is 10.2. The minimum absolute atomic E-state index is 0.265. The van der Waals surface area contributed by atoms with Crippen molar-refractivity contribution in [3.63, 3.8) is 0 Å². The first-order chi connectivity index (χ1) is 12.4. The van der Waals surface area contributed by atoms with Crippen LogP contribution in [-0.4, -0.2) is 24.5 Å². The van der Waals surface area contributed by atoms with Crippen LogP contribution in [0.15, 0.2) is 59.5 Å². The molecule has 1 aliphatic rings. The van der Waals surface area contributed by atoms with Crippen LogP contribution < -0.4 is 0 Å². The van der Waals surface area contributed by atoms with Crippen molar-refractivity contribution in [3.8, 4) is 16.9 Å². The van der Waals surface area contributed by atoms with Gasteiger partial charge in [0.05, 0.1) is 22.0 Å². The number of allylic oxidation sites excluding steroid dienone is 1. The van der Waals surface area contributed by atoms with Gasteiger partial charge < -0.3 is 0 Å². The predicted octanol–water partition coefficient (Wildman–Crippen LogP) is 4.04. The van der Waals surface area contributed by atoms with E-state index in [4.69, 9.17) is 5.10 Å². The van der Waals surface area contributed by atoms with Crippen LogP contribution in [0.2, 0.25) is 0 Å². The second-order valence-corrected chi connectivity index (χ2v) is 8.35. The lowest BCUT2D eigenvalue weighted by atomic mass is 9.98. The van der Waals surface area contributed by atoms with E-state index in [1.807, 2.05) is 6.08 Å². The number of benzene rings is 2. The topological polar surface area (TPSA) is 52.0 Å². The van der Waals surface area contributed by atoms with Crippen molar-refractivity contribution in [1.29, 1.82) is 0 Å². The fourth-order valence-electron chi connectivity index (χ4n) is 3.20. The molecule has 0 N–H and O–H groups in total. The lowest BCUT2D eigenvalue weighted by Crippen LogP contribution is -2.02. The lowest BCUT2D eigenvalue weighted by Gasteiger charge is -2.11. The third-order valence-electron chi connectivity index (χ3n) is 4.48. The quantitative estimate of drug-likeness (QED) is 0.701. The maximum Gasteiger partial charge on any atom is 0.175 e. The number of hydrogen-bond acceptors (Lipinski definition) is 3. The van der Waals surface area contributed by atoms with Crippen molar-refractivity contribution in [2.24, 2.45) is 0 Å². The maximum absolute atomic E-state index is 13.4. The molecule has 4 rings (SSSR count). The summed E-state index contributed by atoms with van der Waals surface area (Å²) in [6, 6.07) is 13.0. The van der Waals surface area contributed by atoms with Crippen LogP contribution >= 0.6 is 0 Å². The SMILES string of the molecule is CS(=O)(=O)c1ccc(-n2nc3c(c2-c2ccc(F)cc2)CCC=C3)cc1. The molecule has 4 nitrogen and oxygen atoms in total. The van der Waals surface area contributed by atoms with Gasteiger partial charge in [0, 0.05) is 17.4 Å². The monoisotopic (exact) mass is 368 g/mol. The Balaban J connectivity index is 1.90. The maximum atomic E-state index is 13.4. The minimum Gasteiger partial charge on any atom is -0.232 e. The Morgan fingerprint density at radius 2 is 1.73 bits per heavy atom. The molecule has 0 amide bonds. The molecular weight excluding hydrogens is 351 g/mol. The average Bonchev–Trinajstić information content (AvgIpc) is 3.01. The number of nitrogens with zero attached hydrogens (tertiary/aromatic N) is 2. The largest absolute Gasteiger partial charge is 0.232 e. The van der Waals surface area contributed by atoms with Crippen molar-refractivity contribution >= 4 is 15.9 Å². The van der Waals surface area contributed by atoms with Crippen LogP contribution in [0.3, 0.4) is 0 Å². The molecule has 132 valence electrons. The lowest BCUT2D eigenvalue weighted by molar-refractivity contribution is 0.602. The van der Waals surface area contributed by atoms with E-state index in [1.165, 1.54) is 18.4 Å². The van der Waals surface area contributed by atoms with Gasteiger partial charge in [0.25, 0.3) is 0 Å². The molecule has 1 aromatic heterocycles. The van der Waals surface area contributed by atoms with E-state index < -0.39 is 9.84 Å². The average molecular weight is 368 g/mol. The van der Waals surface area contributed by atoms with Crippen molar-refractivity contribution in [2.75, 3.05) is 6.26 Å². The van der Waals surface area contributed by atoms with E-state index in [0.29, 0.717) is 0 Å². The third-order valence-corrected chi connectivity index (χ3v) is 5.61. The first-order valence-electron chi connectivity index (χ1n) is 8.28. The molecule has 0 saturated heterocycles. The molecule has 0 aliphatic heterocycles. The fraction of sp³-hybridized carbons (Fsp3) is 0.150. The number of aromatic nitrogens is 2. The summed E-state index contributed by atoms with van der Waals surface area (Å²) in [5.41, 5.74) is 4.56. The Morgan fingerprint density at radius 3 is 2.38 bits per heavy atom. The summed E-state index contributed by atoms with van der Waals surface area (Å²) >= 11 is 0. The molecule has 0 radical (unpaired) electrons. The Bertz CT molecular complexity index is 1100. The summed E-state index contributed by atoms with van der Waals surface area (Å²) in [5, 5.41) is 4.70. The summed E-state index contributed by atoms with van der Waals surface area (Å²) < 4.78 is 38.5. The summed E-state index contributed by atoms with van der Waals surface area (Å²) in [6.07, 6.45) is 7.05. The Labute approximate surface area is 151 Å². The molecule has 0 unspecified atom stereocenters. The minimum atomic E-state index is -3.25. The highest BCUT2D eigenvalue weighted by atomic mass is 32.2. The van der Waals surface area contributed by atoms with Crippen LogP contribution in [0.1, 0.15) is 17.7 Å². The van der Waals surface area contributed by atoms with Gasteiger partial charge in [-0.2, -0.15) is 5.10 Å². The molecule has 0 bridgehead atoms. The van der Waals surface area contributed by atoms with E-state index in [9.17, 15) is 12.8 Å². The van der Waals surface area contributed by atoms with Gasteiger partial charge in [0.1, 0.15) is 5.82 Å². The number of fused-ring (bicyclic) bond motifs is 1. The molecule has 2 aromatic carbocycles. The zero-order valence-electron chi connectivity index (χ0n) is 14.2. The molecule has 0 atom stereocenters. The van der Waals surface area contributed by atoms with E-state index in [0.717, 1.165) is 41.0 Å². The molecule has 26 heavy (non-hydrogen) atoms. The van der Waals surface area contributed by atoms with Gasteiger partial charge in [-0.05, 0) is 67.4 Å². The van der Waals surface area contributed by atoms with E-state index in [2.05, 4.69) is 6.08 Å². The predicted molar refractivity (Wildman–Crippen MR) is 99.4 cm³/mol.